The Balaban J connectivity index is 1.29. The maximum Gasteiger partial charge on any atom is 0.327 e. The topological polar surface area (TPSA) is 122 Å². The first kappa shape index (κ1) is 24.0. The minimum Gasteiger partial charge on any atom is -0.480 e. The highest BCUT2D eigenvalue weighted by Crippen LogP contribution is 2.35. The summed E-state index contributed by atoms with van der Waals surface area (Å²) in [6.07, 6.45) is 2.34. The van der Waals surface area contributed by atoms with Crippen molar-refractivity contribution in [2.75, 3.05) is 39.3 Å². The predicted molar refractivity (Wildman–Crippen MR) is 124 cm³/mol. The van der Waals surface area contributed by atoms with Crippen molar-refractivity contribution < 1.29 is 24.3 Å². The summed E-state index contributed by atoms with van der Waals surface area (Å²) in [7, 11) is 0. The Kier molecular flexibility index (Phi) is 7.35. The van der Waals surface area contributed by atoms with Crippen LogP contribution in [0.5, 0.6) is 0 Å². The number of carboxylic acids is 1. The van der Waals surface area contributed by atoms with E-state index in [1.165, 1.54) is 4.90 Å². The zero-order chi connectivity index (χ0) is 24.2. The van der Waals surface area contributed by atoms with Crippen molar-refractivity contribution in [1.29, 1.82) is 0 Å². The standard InChI is InChI=1S/C24H33N5O5/c1-16(18-5-3-2-4-6-18)26-23(33)27-11-13-28(14-12-27)24(34)29-20(22(31)32)19(21(29)30)15-17-7-9-25-10-8-17/h2-6,16-17,19-20,25H,7-15H2,1H3,(H,26,33)(H,31,32)/t16-,19+,20-/m0/s1. The van der Waals surface area contributed by atoms with Gasteiger partial charge in [0, 0.05) is 26.2 Å². The van der Waals surface area contributed by atoms with E-state index in [-0.39, 0.29) is 25.2 Å². The van der Waals surface area contributed by atoms with Crippen molar-refractivity contribution in [2.45, 2.75) is 38.3 Å². The molecule has 3 N–H and O–H groups in total. The first-order chi connectivity index (χ1) is 16.4. The van der Waals surface area contributed by atoms with Crippen molar-refractivity contribution in [3.8, 4) is 0 Å². The fourth-order valence-corrected chi connectivity index (χ4v) is 5.11. The van der Waals surface area contributed by atoms with Crippen molar-refractivity contribution in [2.24, 2.45) is 11.8 Å². The molecule has 3 fully saturated rings. The SMILES string of the molecule is C[C@H](NC(=O)N1CCN(C(=O)N2C(=O)[C@H](CC3CCNCC3)[C@H]2C(=O)O)CC1)c1ccccc1. The van der Waals surface area contributed by atoms with Crippen molar-refractivity contribution in [1.82, 2.24) is 25.3 Å². The van der Waals surface area contributed by atoms with Crippen LogP contribution >= 0.6 is 0 Å². The van der Waals surface area contributed by atoms with Crippen molar-refractivity contribution in [3.63, 3.8) is 0 Å². The maximum absolute atomic E-state index is 13.0. The zero-order valence-electron chi connectivity index (χ0n) is 19.5. The van der Waals surface area contributed by atoms with Crippen molar-refractivity contribution >= 4 is 23.9 Å². The van der Waals surface area contributed by atoms with E-state index in [0.717, 1.165) is 36.4 Å². The summed E-state index contributed by atoms with van der Waals surface area (Å²) in [6.45, 7) is 4.79. The van der Waals surface area contributed by atoms with Crippen LogP contribution in [0, 0.1) is 11.8 Å². The third kappa shape index (κ3) is 5.01. The molecule has 0 spiro atoms. The molecule has 1 aromatic carbocycles. The number of rotatable bonds is 5. The number of piperazine rings is 1. The van der Waals surface area contributed by atoms with Crippen LogP contribution in [0.1, 0.15) is 37.8 Å². The first-order valence-corrected chi connectivity index (χ1v) is 12.0. The molecule has 0 unspecified atom stereocenters. The van der Waals surface area contributed by atoms with Gasteiger partial charge in [0.2, 0.25) is 5.91 Å². The van der Waals surface area contributed by atoms with E-state index < -0.39 is 29.9 Å². The Hall–Kier alpha value is -3.14. The summed E-state index contributed by atoms with van der Waals surface area (Å²) in [5.74, 6) is -1.88. The highest BCUT2D eigenvalue weighted by molar-refractivity contribution is 6.07. The van der Waals surface area contributed by atoms with Gasteiger partial charge in [-0.25, -0.2) is 19.3 Å². The number of carbonyl (C=O) groups excluding carboxylic acids is 3. The molecule has 184 valence electrons. The lowest BCUT2D eigenvalue weighted by Crippen LogP contribution is -2.69. The summed E-state index contributed by atoms with van der Waals surface area (Å²) in [4.78, 5) is 54.4. The minimum atomic E-state index is -1.14. The van der Waals surface area contributed by atoms with Gasteiger partial charge in [0.15, 0.2) is 6.04 Å². The highest BCUT2D eigenvalue weighted by Gasteiger charge is 2.56. The summed E-state index contributed by atoms with van der Waals surface area (Å²) in [6, 6.07) is 7.60. The number of amides is 5. The van der Waals surface area contributed by atoms with E-state index in [9.17, 15) is 24.3 Å². The smallest absolute Gasteiger partial charge is 0.327 e. The van der Waals surface area contributed by atoms with Crippen molar-refractivity contribution in [3.05, 3.63) is 35.9 Å². The Bertz CT molecular complexity index is 912. The summed E-state index contributed by atoms with van der Waals surface area (Å²) in [5, 5.41) is 16.0. The van der Waals surface area contributed by atoms with Gasteiger partial charge in [-0.1, -0.05) is 30.3 Å². The second-order valence-corrected chi connectivity index (χ2v) is 9.37. The van der Waals surface area contributed by atoms with Crippen LogP contribution in [0.2, 0.25) is 0 Å². The zero-order valence-corrected chi connectivity index (χ0v) is 19.5. The molecule has 3 heterocycles. The van der Waals surface area contributed by atoms with Gasteiger partial charge in [0.25, 0.3) is 0 Å². The number of hydrogen-bond acceptors (Lipinski definition) is 5. The van der Waals surface area contributed by atoms with Crippen LogP contribution in [0.3, 0.4) is 0 Å². The Morgan fingerprint density at radius 2 is 1.68 bits per heavy atom. The largest absolute Gasteiger partial charge is 0.480 e. The molecule has 3 atom stereocenters. The number of aliphatic carboxylic acids is 1. The van der Waals surface area contributed by atoms with E-state index in [0.29, 0.717) is 25.4 Å². The second kappa shape index (κ2) is 10.4. The monoisotopic (exact) mass is 471 g/mol. The van der Waals surface area contributed by atoms with Gasteiger partial charge in [-0.2, -0.15) is 0 Å². The quantitative estimate of drug-likeness (QED) is 0.560. The summed E-state index contributed by atoms with van der Waals surface area (Å²) < 4.78 is 0. The molecular weight excluding hydrogens is 438 g/mol. The van der Waals surface area contributed by atoms with E-state index in [1.54, 1.807) is 4.90 Å². The number of imide groups is 1. The third-order valence-electron chi connectivity index (χ3n) is 7.20. The number of urea groups is 2. The van der Waals surface area contributed by atoms with Crippen LogP contribution in [-0.2, 0) is 9.59 Å². The molecule has 3 aliphatic heterocycles. The molecule has 4 rings (SSSR count). The number of carboxylic acid groups (broad SMARTS) is 1. The molecule has 3 aliphatic rings. The van der Waals surface area contributed by atoms with Gasteiger partial charge in [0.1, 0.15) is 0 Å². The number of likely N-dealkylation sites (tertiary alicyclic amines) is 1. The molecule has 0 radical (unpaired) electrons. The molecule has 0 bridgehead atoms. The van der Waals surface area contributed by atoms with E-state index in [4.69, 9.17) is 0 Å². The number of β-lactam (4-membered cyclic amide) rings is 1. The lowest BCUT2D eigenvalue weighted by Gasteiger charge is -2.47. The van der Waals surface area contributed by atoms with E-state index in [1.807, 2.05) is 37.3 Å². The molecule has 0 aliphatic carbocycles. The number of piperidine rings is 1. The Morgan fingerprint density at radius 3 is 2.29 bits per heavy atom. The average Bonchev–Trinajstić information content (AvgIpc) is 2.86. The van der Waals surface area contributed by atoms with Crippen LogP contribution in [-0.4, -0.2) is 89.1 Å². The second-order valence-electron chi connectivity index (χ2n) is 9.37. The van der Waals surface area contributed by atoms with Gasteiger partial charge in [0.05, 0.1) is 12.0 Å². The fourth-order valence-electron chi connectivity index (χ4n) is 5.11. The molecule has 3 saturated heterocycles. The summed E-state index contributed by atoms with van der Waals surface area (Å²) >= 11 is 0. The van der Waals surface area contributed by atoms with Crippen LogP contribution in [0.4, 0.5) is 9.59 Å². The molecule has 0 aromatic heterocycles. The predicted octanol–water partition coefficient (Wildman–Crippen LogP) is 1.50. The van der Waals surface area contributed by atoms with Gasteiger partial charge in [-0.05, 0) is 50.8 Å². The first-order valence-electron chi connectivity index (χ1n) is 12.0. The molecule has 1 aromatic rings. The molecule has 5 amide bonds. The Labute approximate surface area is 199 Å². The molecule has 0 saturated carbocycles. The lowest BCUT2D eigenvalue weighted by molar-refractivity contribution is -0.167. The van der Waals surface area contributed by atoms with Crippen LogP contribution in [0.25, 0.3) is 0 Å². The minimum absolute atomic E-state index is 0.153. The van der Waals surface area contributed by atoms with E-state index in [2.05, 4.69) is 10.6 Å². The Morgan fingerprint density at radius 1 is 1.06 bits per heavy atom. The number of nitrogens with one attached hydrogen (secondary N) is 2. The number of hydrogen-bond donors (Lipinski definition) is 3. The number of nitrogens with zero attached hydrogens (tertiary/aromatic N) is 3. The highest BCUT2D eigenvalue weighted by atomic mass is 16.4. The molecule has 34 heavy (non-hydrogen) atoms. The fraction of sp³-hybridized carbons (Fsp3) is 0.583. The average molecular weight is 472 g/mol. The van der Waals surface area contributed by atoms with Gasteiger partial charge in [-0.15, -0.1) is 0 Å². The maximum atomic E-state index is 13.0. The lowest BCUT2D eigenvalue weighted by atomic mass is 9.78. The van der Waals surface area contributed by atoms with Gasteiger partial charge >= 0.3 is 18.0 Å². The molecule has 10 heteroatoms. The van der Waals surface area contributed by atoms with Crippen LogP contribution in [0.15, 0.2) is 30.3 Å². The van der Waals surface area contributed by atoms with Gasteiger partial charge in [-0.3, -0.25) is 4.79 Å². The number of benzene rings is 1. The van der Waals surface area contributed by atoms with Gasteiger partial charge < -0.3 is 25.5 Å². The summed E-state index contributed by atoms with van der Waals surface area (Å²) in [5.41, 5.74) is 1.000. The van der Waals surface area contributed by atoms with Crippen LogP contribution < -0.4 is 10.6 Å². The normalized spacial score (nSPS) is 24.4. The molecular formula is C24H33N5O5. The van der Waals surface area contributed by atoms with E-state index >= 15 is 0 Å². The third-order valence-corrected chi connectivity index (χ3v) is 7.20. The molecule has 10 nitrogen and oxygen atoms in total. The number of carbonyl (C=O) groups is 4.